The summed E-state index contributed by atoms with van der Waals surface area (Å²) in [6.07, 6.45) is 1.44. The van der Waals surface area contributed by atoms with Gasteiger partial charge in [0, 0.05) is 21.3 Å². The number of carbonyl (C=O) groups is 1. The van der Waals surface area contributed by atoms with Gasteiger partial charge in [0.2, 0.25) is 5.95 Å². The number of nitrogens with one attached hydrogen (secondary N) is 2. The van der Waals surface area contributed by atoms with Gasteiger partial charge in [-0.1, -0.05) is 41.4 Å². The Morgan fingerprint density at radius 1 is 1.10 bits per heavy atom. The number of hydrogen-bond donors (Lipinski definition) is 2. The van der Waals surface area contributed by atoms with Gasteiger partial charge in [0.15, 0.2) is 11.5 Å². The minimum Gasteiger partial charge on any atom is -0.493 e. The lowest BCUT2D eigenvalue weighted by Gasteiger charge is -2.29. The van der Waals surface area contributed by atoms with Crippen LogP contribution in [-0.2, 0) is 11.4 Å². The quantitative estimate of drug-likeness (QED) is 0.195. The van der Waals surface area contributed by atoms with Crippen molar-refractivity contribution in [1.82, 2.24) is 14.8 Å². The number of methoxy groups -OCH3 is 1. The van der Waals surface area contributed by atoms with Crippen molar-refractivity contribution in [2.75, 3.05) is 24.4 Å². The van der Waals surface area contributed by atoms with Crippen LogP contribution in [0.15, 0.2) is 76.7 Å². The zero-order chi connectivity index (χ0) is 29.1. The van der Waals surface area contributed by atoms with Crippen LogP contribution in [0.4, 0.5) is 11.6 Å². The maximum Gasteiger partial charge on any atom is 0.255 e. The summed E-state index contributed by atoms with van der Waals surface area (Å²) in [4.78, 5) is 18.2. The highest BCUT2D eigenvalue weighted by Crippen LogP contribution is 2.43. The van der Waals surface area contributed by atoms with Gasteiger partial charge >= 0.3 is 0 Å². The molecule has 1 aromatic heterocycles. The number of aromatic nitrogens is 3. The van der Waals surface area contributed by atoms with Crippen molar-refractivity contribution in [1.29, 1.82) is 0 Å². The van der Waals surface area contributed by atoms with Gasteiger partial charge in [-0.2, -0.15) is 10.1 Å². The molecule has 12 heteroatoms. The molecule has 9 nitrogen and oxygen atoms in total. The molecule has 2 N–H and O–H groups in total. The number of para-hydroxylation sites is 2. The predicted molar refractivity (Wildman–Crippen MR) is 162 cm³/mol. The van der Waals surface area contributed by atoms with Gasteiger partial charge in [-0.05, 0) is 71.7 Å². The maximum absolute atomic E-state index is 13.9. The van der Waals surface area contributed by atoms with Crippen LogP contribution in [0.3, 0.4) is 0 Å². The van der Waals surface area contributed by atoms with Crippen LogP contribution in [0, 0.1) is 0 Å². The first-order valence-corrected chi connectivity index (χ1v) is 14.2. The normalized spacial score (nSPS) is 14.2. The van der Waals surface area contributed by atoms with E-state index in [2.05, 4.69) is 36.6 Å². The van der Waals surface area contributed by atoms with Crippen molar-refractivity contribution < 1.29 is 19.0 Å². The summed E-state index contributed by atoms with van der Waals surface area (Å²) < 4.78 is 19.8. The molecule has 0 spiro atoms. The number of anilines is 2. The second-order valence-corrected chi connectivity index (χ2v) is 10.7. The number of rotatable bonds is 9. The summed E-state index contributed by atoms with van der Waals surface area (Å²) in [5.74, 6) is 1.65. The number of allylic oxidation sites excluding steroid dienone is 1. The molecule has 2 heterocycles. The molecule has 1 amide bonds. The molecule has 4 aromatic rings. The molecular weight excluding hydrogens is 633 g/mol. The van der Waals surface area contributed by atoms with Crippen molar-refractivity contribution in [3.8, 4) is 17.2 Å². The van der Waals surface area contributed by atoms with Crippen LogP contribution in [-0.4, -0.2) is 34.4 Å². The van der Waals surface area contributed by atoms with E-state index < -0.39 is 6.04 Å². The second-order valence-electron chi connectivity index (χ2n) is 9.00. The van der Waals surface area contributed by atoms with Crippen molar-refractivity contribution in [2.24, 2.45) is 0 Å². The molecular formula is C29H26BrCl2N5O4. The number of halogens is 3. The zero-order valence-corrected chi connectivity index (χ0v) is 25.5. The fourth-order valence-electron chi connectivity index (χ4n) is 4.59. The number of benzene rings is 3. The van der Waals surface area contributed by atoms with Crippen LogP contribution >= 0.6 is 39.1 Å². The lowest BCUT2D eigenvalue weighted by molar-refractivity contribution is -0.113. The average Bonchev–Trinajstić information content (AvgIpc) is 3.41. The number of hydrogen-bond acceptors (Lipinski definition) is 7. The third-order valence-electron chi connectivity index (χ3n) is 6.46. The third-order valence-corrected chi connectivity index (χ3v) is 7.76. The van der Waals surface area contributed by atoms with Gasteiger partial charge in [-0.25, -0.2) is 4.68 Å². The van der Waals surface area contributed by atoms with E-state index in [0.717, 1.165) is 0 Å². The maximum atomic E-state index is 13.9. The molecule has 0 saturated carbocycles. The van der Waals surface area contributed by atoms with E-state index in [-0.39, 0.29) is 12.5 Å². The largest absolute Gasteiger partial charge is 0.493 e. The SMILES string of the molecule is CCOc1ccccc1NC(=O)C1=C(C)Nc2ncnn2C1c1cc(Br)c(OCc2c(Cl)cccc2Cl)c(OC)c1. The Hall–Kier alpha value is -3.73. The molecule has 3 aromatic carbocycles. The van der Waals surface area contributed by atoms with E-state index in [9.17, 15) is 4.79 Å². The van der Waals surface area contributed by atoms with Crippen molar-refractivity contribution in [3.05, 3.63) is 97.8 Å². The molecule has 0 fully saturated rings. The Balaban J connectivity index is 1.52. The molecule has 0 bridgehead atoms. The third kappa shape index (κ3) is 5.86. The van der Waals surface area contributed by atoms with Crippen LogP contribution in [0.1, 0.15) is 31.0 Å². The van der Waals surface area contributed by atoms with Gasteiger partial charge in [0.1, 0.15) is 24.7 Å². The van der Waals surface area contributed by atoms with E-state index in [1.807, 2.05) is 44.2 Å². The van der Waals surface area contributed by atoms with Crippen molar-refractivity contribution in [2.45, 2.75) is 26.5 Å². The highest BCUT2D eigenvalue weighted by molar-refractivity contribution is 9.10. The van der Waals surface area contributed by atoms with E-state index in [0.29, 0.717) is 72.4 Å². The summed E-state index contributed by atoms with van der Waals surface area (Å²) >= 11 is 16.3. The van der Waals surface area contributed by atoms with Gasteiger partial charge in [-0.15, -0.1) is 0 Å². The number of ether oxygens (including phenoxy) is 3. The molecule has 41 heavy (non-hydrogen) atoms. The molecule has 1 aliphatic rings. The Morgan fingerprint density at radius 3 is 2.59 bits per heavy atom. The summed E-state index contributed by atoms with van der Waals surface area (Å²) in [5, 5.41) is 11.6. The standard InChI is InChI=1S/C29H26BrCl2N5O4/c1-4-40-23-11-6-5-10-22(23)36-28(38)25-16(2)35-29-33-15-34-37(29)26(25)17-12-19(30)27(24(13-17)39-3)41-14-18-20(31)8-7-9-21(18)32/h5-13,15,26H,4,14H2,1-3H3,(H,36,38)(H,33,34,35). The van der Waals surface area contributed by atoms with E-state index in [4.69, 9.17) is 37.4 Å². The predicted octanol–water partition coefficient (Wildman–Crippen LogP) is 7.26. The van der Waals surface area contributed by atoms with Crippen LogP contribution < -0.4 is 24.8 Å². The minimum atomic E-state index is -0.634. The van der Waals surface area contributed by atoms with Crippen LogP contribution in [0.5, 0.6) is 17.2 Å². The Kier molecular flexibility index (Phi) is 8.72. The monoisotopic (exact) mass is 657 g/mol. The molecule has 0 aliphatic carbocycles. The summed E-state index contributed by atoms with van der Waals surface area (Å²) in [6.45, 7) is 4.30. The summed E-state index contributed by atoms with van der Waals surface area (Å²) in [7, 11) is 1.55. The molecule has 212 valence electrons. The Morgan fingerprint density at radius 2 is 1.85 bits per heavy atom. The van der Waals surface area contributed by atoms with Crippen LogP contribution in [0.25, 0.3) is 0 Å². The number of fused-ring (bicyclic) bond motifs is 1. The number of carbonyl (C=O) groups excluding carboxylic acids is 1. The van der Waals surface area contributed by atoms with E-state index in [1.165, 1.54) is 6.33 Å². The highest BCUT2D eigenvalue weighted by Gasteiger charge is 2.35. The molecule has 1 unspecified atom stereocenters. The first kappa shape index (κ1) is 28.8. The van der Waals surface area contributed by atoms with Gasteiger partial charge < -0.3 is 24.8 Å². The topological polar surface area (TPSA) is 99.5 Å². The minimum absolute atomic E-state index is 0.124. The lowest BCUT2D eigenvalue weighted by atomic mass is 9.94. The van der Waals surface area contributed by atoms with Crippen LogP contribution in [0.2, 0.25) is 10.0 Å². The van der Waals surface area contributed by atoms with Gasteiger partial charge in [-0.3, -0.25) is 4.79 Å². The van der Waals surface area contributed by atoms with Gasteiger partial charge in [0.25, 0.3) is 5.91 Å². The van der Waals surface area contributed by atoms with E-state index in [1.54, 1.807) is 36.1 Å². The summed E-state index contributed by atoms with van der Waals surface area (Å²) in [6, 6.07) is 15.6. The fourth-order valence-corrected chi connectivity index (χ4v) is 5.67. The Bertz CT molecular complexity index is 1620. The first-order valence-electron chi connectivity index (χ1n) is 12.7. The number of nitrogens with zero attached hydrogens (tertiary/aromatic N) is 3. The summed E-state index contributed by atoms with van der Waals surface area (Å²) in [5.41, 5.74) is 3.01. The number of amides is 1. The van der Waals surface area contributed by atoms with Crippen molar-refractivity contribution >= 4 is 56.7 Å². The second kappa shape index (κ2) is 12.4. The molecule has 0 saturated heterocycles. The molecule has 1 atom stereocenters. The molecule has 1 aliphatic heterocycles. The van der Waals surface area contributed by atoms with Gasteiger partial charge in [0.05, 0.1) is 29.4 Å². The van der Waals surface area contributed by atoms with E-state index >= 15 is 0 Å². The Labute approximate surface area is 255 Å². The lowest BCUT2D eigenvalue weighted by Crippen LogP contribution is -2.31. The van der Waals surface area contributed by atoms with Crippen molar-refractivity contribution in [3.63, 3.8) is 0 Å². The highest BCUT2D eigenvalue weighted by atomic mass is 79.9. The molecule has 5 rings (SSSR count). The zero-order valence-electron chi connectivity index (χ0n) is 22.4. The first-order chi connectivity index (χ1) is 19.8. The smallest absolute Gasteiger partial charge is 0.255 e. The average molecular weight is 659 g/mol. The molecule has 0 radical (unpaired) electrons. The fraction of sp³-hybridized carbons (Fsp3) is 0.207.